The highest BCUT2D eigenvalue weighted by Crippen LogP contribution is 2.53. The molecule has 13 aromatic carbocycles. The van der Waals surface area contributed by atoms with E-state index in [-0.39, 0.29) is 0 Å². The van der Waals surface area contributed by atoms with E-state index in [0.717, 1.165) is 150 Å². The highest BCUT2D eigenvalue weighted by Gasteiger charge is 2.45. The molecule has 2 aliphatic heterocycles. The lowest BCUT2D eigenvalue weighted by Gasteiger charge is -2.46. The number of nitrogens with zero attached hydrogens (tertiary/aromatic N) is 4. The minimum atomic E-state index is -1.98. The molecule has 5 heteroatoms. The van der Waals surface area contributed by atoms with Gasteiger partial charge in [0.25, 0.3) is 6.71 Å². The van der Waals surface area contributed by atoms with Crippen LogP contribution in [0.5, 0.6) is 0 Å². The third-order valence-electron chi connectivity index (χ3n) is 19.3. The summed E-state index contributed by atoms with van der Waals surface area (Å²) < 4.78 is 67.6. The maximum atomic E-state index is 10.8. The molecule has 15 aromatic rings. The van der Waals surface area contributed by atoms with Crippen molar-refractivity contribution in [2.24, 2.45) is 16.2 Å². The van der Waals surface area contributed by atoms with Crippen molar-refractivity contribution in [2.75, 3.05) is 9.80 Å². The van der Waals surface area contributed by atoms with Crippen LogP contribution in [0.1, 0.15) is 87.2 Å². The number of rotatable bonds is 11. The topological polar surface area (TPSA) is 16.3 Å². The van der Waals surface area contributed by atoms with Gasteiger partial charge >= 0.3 is 0 Å². The molecule has 0 bridgehead atoms. The SMILES string of the molecule is [2H]C([2H])(c1cc2c3c(c1)N(c1cc(-c4ccccc4)c(C([2H])([2H])C(C)(C)C)cc1-c1ccccc1)c1cc(-n4c5ccccc5c5ccccc54)ccc1B3c1ccc(-n3c4ccccc4c4ccccc43)cc1N2c1cc(-c2ccccc2)c(C([2H])([2H])C(C)(C)C)cc1-c1ccccc1)C(C)(C)C. The Morgan fingerprint density at radius 1 is 0.286 bits per heavy atom. The standard InChI is InChI=1S/C93H81BN4/c1-91(2,3)58-61-50-88-90-89(51-61)98(85-57-75(63-32-16-11-17-33-63)67(60-93(7,8)9)53-77(85)65-36-20-13-21-37-65)87-55-69(96-82-44-28-24-40-72(82)73-41-25-29-45-83(73)96)47-49-79(87)94(90)78-48-46-68(95-80-42-26-22-38-70(80)71-39-23-27-43-81(71)95)54-86(78)97(88)84-56-74(62-30-14-10-15-31-62)66(59-92(4,5)6)52-76(84)64-34-18-12-19-35-64/h10-57H,58-60H2,1-9H3/i58D2,59D2,60D2. The van der Waals surface area contributed by atoms with Gasteiger partial charge in [-0.3, -0.25) is 0 Å². The normalized spacial score (nSPS) is 14.4. The highest BCUT2D eigenvalue weighted by atomic mass is 15.2. The molecule has 4 nitrogen and oxygen atoms in total. The first-order valence-electron chi connectivity index (χ1n) is 37.4. The summed E-state index contributed by atoms with van der Waals surface area (Å²) in [5, 5.41) is 4.55. The number of aromatic nitrogens is 2. The number of hydrogen-bond acceptors (Lipinski definition) is 2. The Morgan fingerprint density at radius 2 is 0.592 bits per heavy atom. The van der Waals surface area contributed by atoms with Crippen molar-refractivity contribution in [2.45, 2.75) is 81.4 Å². The second-order valence-electron chi connectivity index (χ2n) is 29.7. The summed E-state index contributed by atoms with van der Waals surface area (Å²) in [6.07, 6.45) is -5.68. The smallest absolute Gasteiger partial charge is 0.252 e. The van der Waals surface area contributed by atoms with Crippen molar-refractivity contribution < 1.29 is 8.22 Å². The van der Waals surface area contributed by atoms with Gasteiger partial charge in [-0.15, -0.1) is 0 Å². The van der Waals surface area contributed by atoms with Crippen LogP contribution in [0.25, 0.3) is 99.5 Å². The van der Waals surface area contributed by atoms with Crippen LogP contribution >= 0.6 is 0 Å². The minimum Gasteiger partial charge on any atom is -0.311 e. The summed E-state index contributed by atoms with van der Waals surface area (Å²) in [5.41, 5.74) is 19.7. The molecule has 4 heterocycles. The first-order valence-corrected chi connectivity index (χ1v) is 34.4. The highest BCUT2D eigenvalue weighted by molar-refractivity contribution is 7.00. The molecule has 0 saturated carbocycles. The average Bonchev–Trinajstić information content (AvgIpc) is 0.750. The van der Waals surface area contributed by atoms with Crippen LogP contribution in [0.3, 0.4) is 0 Å². The number of para-hydroxylation sites is 4. The molecule has 0 atom stereocenters. The van der Waals surface area contributed by atoms with E-state index in [2.05, 4.69) is 262 Å². The van der Waals surface area contributed by atoms with Crippen LogP contribution < -0.4 is 26.2 Å². The van der Waals surface area contributed by atoms with Gasteiger partial charge in [-0.25, -0.2) is 0 Å². The molecule has 0 spiro atoms. The largest absolute Gasteiger partial charge is 0.311 e. The average molecular weight is 1270 g/mol. The van der Waals surface area contributed by atoms with Gasteiger partial charge in [0.15, 0.2) is 0 Å². The van der Waals surface area contributed by atoms with Crippen molar-refractivity contribution in [3.05, 3.63) is 308 Å². The maximum Gasteiger partial charge on any atom is 0.252 e. The molecule has 2 aliphatic rings. The van der Waals surface area contributed by atoms with E-state index in [1.807, 2.05) is 111 Å². The number of hydrogen-bond donors (Lipinski definition) is 0. The molecule has 17 rings (SSSR count). The molecule has 0 aliphatic carbocycles. The van der Waals surface area contributed by atoms with Gasteiger partial charge < -0.3 is 18.9 Å². The van der Waals surface area contributed by atoms with Gasteiger partial charge in [-0.05, 0) is 187 Å². The van der Waals surface area contributed by atoms with E-state index in [1.165, 1.54) is 0 Å². The minimum absolute atomic E-state index is 0.474. The van der Waals surface area contributed by atoms with E-state index >= 15 is 0 Å². The summed E-state index contributed by atoms with van der Waals surface area (Å²) in [6.45, 7) is 17.4. The number of anilines is 6. The van der Waals surface area contributed by atoms with Crippen LogP contribution in [0, 0.1) is 16.2 Å². The summed E-state index contributed by atoms with van der Waals surface area (Å²) in [6, 6.07) is 103. The monoisotopic (exact) mass is 1270 g/mol. The van der Waals surface area contributed by atoms with Crippen molar-refractivity contribution in [1.29, 1.82) is 0 Å². The molecule has 0 N–H and O–H groups in total. The van der Waals surface area contributed by atoms with E-state index in [9.17, 15) is 8.22 Å². The predicted molar refractivity (Wildman–Crippen MR) is 420 cm³/mol. The van der Waals surface area contributed by atoms with E-state index in [0.29, 0.717) is 16.7 Å². The number of fused-ring (bicyclic) bond motifs is 10. The van der Waals surface area contributed by atoms with Gasteiger partial charge in [-0.1, -0.05) is 269 Å². The third kappa shape index (κ3) is 10.6. The molecule has 0 saturated heterocycles. The molecule has 476 valence electrons. The van der Waals surface area contributed by atoms with Crippen LogP contribution in [-0.2, 0) is 19.1 Å². The molecular formula is C93H81BN4. The summed E-state index contributed by atoms with van der Waals surface area (Å²) in [7, 11) is 0. The Bertz CT molecular complexity index is 5470. The zero-order valence-electron chi connectivity index (χ0n) is 63.1. The first-order chi connectivity index (χ1) is 49.8. The second kappa shape index (κ2) is 23.5. The Hall–Kier alpha value is -10.9. The second-order valence-corrected chi connectivity index (χ2v) is 29.7. The van der Waals surface area contributed by atoms with Crippen LogP contribution in [-0.4, -0.2) is 15.8 Å². The molecule has 0 unspecified atom stereocenters. The number of benzene rings is 13. The zero-order valence-corrected chi connectivity index (χ0v) is 57.1. The molecule has 0 fully saturated rings. The fourth-order valence-corrected chi connectivity index (χ4v) is 15.6. The van der Waals surface area contributed by atoms with Gasteiger partial charge in [0, 0.05) is 75.0 Å². The van der Waals surface area contributed by atoms with E-state index < -0.39 is 42.1 Å². The molecule has 0 amide bonds. The fourth-order valence-electron chi connectivity index (χ4n) is 15.6. The third-order valence-corrected chi connectivity index (χ3v) is 19.3. The molecular weight excluding hydrogens is 1180 g/mol. The maximum absolute atomic E-state index is 10.8. The zero-order chi connectivity index (χ0) is 72.1. The van der Waals surface area contributed by atoms with Crippen LogP contribution in [0.4, 0.5) is 34.1 Å². The Balaban J connectivity index is 1.08. The van der Waals surface area contributed by atoms with E-state index in [1.54, 1.807) is 0 Å². The molecule has 98 heavy (non-hydrogen) atoms. The fraction of sp³-hybridized carbons (Fsp3) is 0.161. The lowest BCUT2D eigenvalue weighted by atomic mass is 9.33. The quantitative estimate of drug-likeness (QED) is 0.120. The molecule has 2 aromatic heterocycles. The van der Waals surface area contributed by atoms with Gasteiger partial charge in [0.2, 0.25) is 0 Å². The Kier molecular flexibility index (Phi) is 13.0. The molecule has 0 radical (unpaired) electrons. The lowest BCUT2D eigenvalue weighted by Crippen LogP contribution is -2.61. The summed E-state index contributed by atoms with van der Waals surface area (Å²) in [5.74, 6) is 0. The first kappa shape index (κ1) is 54.3. The van der Waals surface area contributed by atoms with E-state index in [4.69, 9.17) is 0 Å². The van der Waals surface area contributed by atoms with Gasteiger partial charge in [0.05, 0.1) is 33.4 Å². The van der Waals surface area contributed by atoms with Crippen molar-refractivity contribution in [3.63, 3.8) is 0 Å². The lowest BCUT2D eigenvalue weighted by molar-refractivity contribution is 0.411. The Labute approximate surface area is 586 Å². The van der Waals surface area contributed by atoms with Crippen molar-refractivity contribution >= 4 is 101 Å². The van der Waals surface area contributed by atoms with Crippen LogP contribution in [0.15, 0.2) is 291 Å². The van der Waals surface area contributed by atoms with Crippen molar-refractivity contribution in [3.8, 4) is 55.9 Å². The summed E-state index contributed by atoms with van der Waals surface area (Å²) in [4.78, 5) is 4.80. The van der Waals surface area contributed by atoms with Crippen LogP contribution in [0.2, 0.25) is 0 Å². The van der Waals surface area contributed by atoms with Gasteiger partial charge in [0.1, 0.15) is 0 Å². The predicted octanol–water partition coefficient (Wildman–Crippen LogP) is 23.4. The van der Waals surface area contributed by atoms with Crippen molar-refractivity contribution in [1.82, 2.24) is 9.13 Å². The van der Waals surface area contributed by atoms with Gasteiger partial charge in [-0.2, -0.15) is 0 Å². The summed E-state index contributed by atoms with van der Waals surface area (Å²) >= 11 is 0. The Morgan fingerprint density at radius 3 is 0.918 bits per heavy atom.